The van der Waals surface area contributed by atoms with E-state index in [-0.39, 0.29) is 10.9 Å². The molecule has 1 aromatic carbocycles. The van der Waals surface area contributed by atoms with Crippen molar-refractivity contribution in [2.24, 2.45) is 5.92 Å². The summed E-state index contributed by atoms with van der Waals surface area (Å²) in [5.41, 5.74) is 0.305. The number of hydrogen-bond donors (Lipinski definition) is 1. The second-order valence-corrected chi connectivity index (χ2v) is 10.3. The van der Waals surface area contributed by atoms with Crippen LogP contribution in [0.15, 0.2) is 51.1 Å². The van der Waals surface area contributed by atoms with Gasteiger partial charge in [-0.15, -0.1) is 16.4 Å². The summed E-state index contributed by atoms with van der Waals surface area (Å²) in [6.45, 7) is 3.11. The van der Waals surface area contributed by atoms with Crippen molar-refractivity contribution in [3.05, 3.63) is 58.1 Å². The third-order valence-electron chi connectivity index (χ3n) is 4.97. The largest absolute Gasteiger partial charge is 0.407 e. The fraction of sp³-hybridized carbons (Fsp3) is 0.350. The molecule has 8 nitrogen and oxygen atoms in total. The minimum Gasteiger partial charge on any atom is -0.407 e. The average Bonchev–Trinajstić information content (AvgIpc) is 3.40. The van der Waals surface area contributed by atoms with Gasteiger partial charge in [-0.1, -0.05) is 18.1 Å². The Hall–Kier alpha value is -2.56. The lowest BCUT2D eigenvalue weighted by atomic mass is 10.0. The maximum atomic E-state index is 12.8. The Morgan fingerprint density at radius 1 is 1.27 bits per heavy atom. The van der Waals surface area contributed by atoms with Crippen LogP contribution in [0.25, 0.3) is 0 Å². The summed E-state index contributed by atoms with van der Waals surface area (Å²) in [7, 11) is -3.56. The molecule has 0 bridgehead atoms. The fourth-order valence-electron chi connectivity index (χ4n) is 3.40. The zero-order valence-corrected chi connectivity index (χ0v) is 18.1. The molecule has 0 saturated carbocycles. The molecule has 3 heterocycles. The van der Waals surface area contributed by atoms with Crippen molar-refractivity contribution in [1.82, 2.24) is 14.5 Å². The number of anilines is 1. The molecule has 0 unspecified atom stereocenters. The number of aromatic nitrogens is 2. The summed E-state index contributed by atoms with van der Waals surface area (Å²) < 4.78 is 32.6. The number of hydrogen-bond acceptors (Lipinski definition) is 7. The summed E-state index contributed by atoms with van der Waals surface area (Å²) in [5.74, 6) is 0.305. The highest BCUT2D eigenvalue weighted by Crippen LogP contribution is 2.24. The van der Waals surface area contributed by atoms with Gasteiger partial charge >= 0.3 is 6.01 Å². The third kappa shape index (κ3) is 4.61. The minimum atomic E-state index is -3.56. The number of amides is 1. The number of benzene rings is 1. The van der Waals surface area contributed by atoms with Gasteiger partial charge in [0.2, 0.25) is 15.9 Å². The summed E-state index contributed by atoms with van der Waals surface area (Å²) in [6.07, 6.45) is 2.40. The van der Waals surface area contributed by atoms with Gasteiger partial charge in [0.15, 0.2) is 0 Å². The molecular weight excluding hydrogens is 424 g/mol. The molecule has 10 heteroatoms. The van der Waals surface area contributed by atoms with E-state index in [1.165, 1.54) is 28.6 Å². The van der Waals surface area contributed by atoms with Crippen LogP contribution in [0.4, 0.5) is 6.01 Å². The molecule has 4 rings (SSSR count). The van der Waals surface area contributed by atoms with E-state index in [1.54, 1.807) is 11.3 Å². The van der Waals surface area contributed by atoms with Gasteiger partial charge in [-0.05, 0) is 54.5 Å². The van der Waals surface area contributed by atoms with Crippen LogP contribution >= 0.6 is 11.3 Å². The molecule has 1 amide bonds. The maximum Gasteiger partial charge on any atom is 0.322 e. The number of piperidine rings is 1. The molecule has 1 fully saturated rings. The lowest BCUT2D eigenvalue weighted by molar-refractivity contribution is 0.102. The van der Waals surface area contributed by atoms with Crippen LogP contribution in [0.5, 0.6) is 0 Å². The van der Waals surface area contributed by atoms with Crippen LogP contribution in [0.3, 0.4) is 0 Å². The number of thiophene rings is 1. The van der Waals surface area contributed by atoms with E-state index in [0.29, 0.717) is 36.9 Å². The van der Waals surface area contributed by atoms with E-state index in [9.17, 15) is 13.2 Å². The first-order valence-corrected chi connectivity index (χ1v) is 12.0. The quantitative estimate of drug-likeness (QED) is 0.622. The number of sulfonamides is 1. The summed E-state index contributed by atoms with van der Waals surface area (Å²) in [4.78, 5) is 13.7. The van der Waals surface area contributed by atoms with Crippen molar-refractivity contribution in [3.8, 4) is 0 Å². The zero-order valence-electron chi connectivity index (χ0n) is 16.4. The van der Waals surface area contributed by atoms with Crippen molar-refractivity contribution in [2.75, 3.05) is 18.4 Å². The number of carbonyl (C=O) groups excluding carboxylic acids is 1. The highest BCUT2D eigenvalue weighted by atomic mass is 32.2. The zero-order chi connectivity index (χ0) is 21.1. The van der Waals surface area contributed by atoms with Gasteiger partial charge in [0.05, 0.1) is 11.3 Å². The van der Waals surface area contributed by atoms with E-state index in [0.717, 1.165) is 17.7 Å². The first kappa shape index (κ1) is 20.7. The molecule has 1 N–H and O–H groups in total. The Bertz CT molecular complexity index is 1110. The highest BCUT2D eigenvalue weighted by molar-refractivity contribution is 7.89. The third-order valence-corrected chi connectivity index (χ3v) is 7.72. The molecule has 1 saturated heterocycles. The topological polar surface area (TPSA) is 105 Å². The van der Waals surface area contributed by atoms with Crippen LogP contribution < -0.4 is 5.32 Å². The standard InChI is InChI=1S/C20H22N4O4S2/c1-14-4-2-10-24(13-14)30(26,27)17-8-6-15(7-9-17)19(25)21-20-23-22-18(28-20)12-16-5-3-11-29-16/h3,5-9,11,14H,2,4,10,12-13H2,1H3,(H,21,23,25)/t14-/m1/s1. The van der Waals surface area contributed by atoms with Gasteiger partial charge in [-0.25, -0.2) is 8.42 Å². The van der Waals surface area contributed by atoms with Gasteiger partial charge in [-0.3, -0.25) is 10.1 Å². The summed E-state index contributed by atoms with van der Waals surface area (Å²) >= 11 is 1.58. The minimum absolute atomic E-state index is 0.00515. The van der Waals surface area contributed by atoms with Crippen molar-refractivity contribution in [1.29, 1.82) is 0 Å². The second kappa shape index (κ2) is 8.66. The van der Waals surface area contributed by atoms with E-state index in [1.807, 2.05) is 17.5 Å². The molecule has 1 atom stereocenters. The SMILES string of the molecule is C[C@@H]1CCCN(S(=O)(=O)c2ccc(C(=O)Nc3nnc(Cc4cccs4)o3)cc2)C1. The molecular formula is C20H22N4O4S2. The van der Waals surface area contributed by atoms with Crippen molar-refractivity contribution in [2.45, 2.75) is 31.1 Å². The molecule has 2 aromatic heterocycles. The average molecular weight is 447 g/mol. The number of rotatable bonds is 6. The van der Waals surface area contributed by atoms with Crippen molar-refractivity contribution >= 4 is 33.3 Å². The highest BCUT2D eigenvalue weighted by Gasteiger charge is 2.28. The Morgan fingerprint density at radius 3 is 2.77 bits per heavy atom. The molecule has 1 aliphatic rings. The van der Waals surface area contributed by atoms with Crippen LogP contribution in [0, 0.1) is 5.92 Å². The first-order chi connectivity index (χ1) is 14.4. The van der Waals surface area contributed by atoms with Crippen molar-refractivity contribution in [3.63, 3.8) is 0 Å². The number of nitrogens with one attached hydrogen (secondary N) is 1. The Kier molecular flexibility index (Phi) is 5.98. The number of carbonyl (C=O) groups is 1. The Balaban J connectivity index is 1.41. The van der Waals surface area contributed by atoms with E-state index >= 15 is 0 Å². The molecule has 3 aromatic rings. The fourth-order valence-corrected chi connectivity index (χ4v) is 5.69. The summed E-state index contributed by atoms with van der Waals surface area (Å²) in [6, 6.07) is 9.80. The van der Waals surface area contributed by atoms with Crippen LogP contribution in [-0.4, -0.2) is 41.9 Å². The van der Waals surface area contributed by atoms with E-state index in [4.69, 9.17) is 4.42 Å². The smallest absolute Gasteiger partial charge is 0.322 e. The molecule has 0 aliphatic carbocycles. The monoisotopic (exact) mass is 446 g/mol. The summed E-state index contributed by atoms with van der Waals surface area (Å²) in [5, 5.41) is 12.3. The second-order valence-electron chi connectivity index (χ2n) is 7.35. The Labute approximate surface area is 179 Å². The Morgan fingerprint density at radius 2 is 2.07 bits per heavy atom. The molecule has 30 heavy (non-hydrogen) atoms. The van der Waals surface area contributed by atoms with E-state index in [2.05, 4.69) is 22.4 Å². The normalized spacial score (nSPS) is 17.7. The number of nitrogens with zero attached hydrogens (tertiary/aromatic N) is 3. The first-order valence-electron chi connectivity index (χ1n) is 9.68. The van der Waals surface area contributed by atoms with Gasteiger partial charge in [0.25, 0.3) is 5.91 Å². The van der Waals surface area contributed by atoms with Crippen LogP contribution in [0.2, 0.25) is 0 Å². The van der Waals surface area contributed by atoms with Crippen LogP contribution in [-0.2, 0) is 16.4 Å². The van der Waals surface area contributed by atoms with Crippen LogP contribution in [0.1, 0.15) is 40.9 Å². The van der Waals surface area contributed by atoms with Gasteiger partial charge < -0.3 is 4.42 Å². The predicted molar refractivity (Wildman–Crippen MR) is 113 cm³/mol. The van der Waals surface area contributed by atoms with Gasteiger partial charge in [-0.2, -0.15) is 4.31 Å². The van der Waals surface area contributed by atoms with Crippen molar-refractivity contribution < 1.29 is 17.6 Å². The lowest BCUT2D eigenvalue weighted by Crippen LogP contribution is -2.39. The molecule has 1 aliphatic heterocycles. The van der Waals surface area contributed by atoms with Gasteiger partial charge in [0.1, 0.15) is 0 Å². The maximum absolute atomic E-state index is 12.8. The molecule has 158 valence electrons. The molecule has 0 spiro atoms. The predicted octanol–water partition coefficient (Wildman–Crippen LogP) is 3.39. The van der Waals surface area contributed by atoms with E-state index < -0.39 is 15.9 Å². The molecule has 0 radical (unpaired) electrons. The lowest BCUT2D eigenvalue weighted by Gasteiger charge is -2.30. The van der Waals surface area contributed by atoms with Gasteiger partial charge in [0, 0.05) is 23.5 Å².